The van der Waals surface area contributed by atoms with Crippen molar-refractivity contribution in [1.82, 2.24) is 0 Å². The van der Waals surface area contributed by atoms with E-state index in [1.807, 2.05) is 25.8 Å². The van der Waals surface area contributed by atoms with Crippen molar-refractivity contribution in [3.05, 3.63) is 20.8 Å². The molecule has 0 heterocycles. The van der Waals surface area contributed by atoms with Crippen LogP contribution in [-0.4, -0.2) is 20.1 Å². The van der Waals surface area contributed by atoms with Crippen molar-refractivity contribution in [2.45, 2.75) is 26.7 Å². The molecule has 0 aliphatic rings. The highest BCUT2D eigenvalue weighted by molar-refractivity contribution is 7.71. The lowest BCUT2D eigenvalue weighted by Crippen LogP contribution is -2.25. The van der Waals surface area contributed by atoms with Gasteiger partial charge in [0.2, 0.25) is 5.43 Å². The molecule has 0 saturated carbocycles. The van der Waals surface area contributed by atoms with Gasteiger partial charge in [-0.05, 0) is 19.4 Å². The highest BCUT2D eigenvalue weighted by Crippen LogP contribution is 2.13. The maximum absolute atomic E-state index is 10.8. The second-order valence-electron chi connectivity index (χ2n) is 3.14. The third-order valence-electron chi connectivity index (χ3n) is 2.08. The van der Waals surface area contributed by atoms with Crippen molar-refractivity contribution < 1.29 is 0 Å². The molecule has 0 bridgehead atoms. The lowest BCUT2D eigenvalue weighted by atomic mass is 10.2. The fourth-order valence-corrected chi connectivity index (χ4v) is 1.47. The van der Waals surface area contributed by atoms with Crippen molar-refractivity contribution in [2.75, 3.05) is 25.0 Å². The van der Waals surface area contributed by atoms with Gasteiger partial charge in [0.15, 0.2) is 0 Å². The first-order valence-corrected chi connectivity index (χ1v) is 5.79. The van der Waals surface area contributed by atoms with Gasteiger partial charge in [0, 0.05) is 19.7 Å². The lowest BCUT2D eigenvalue weighted by molar-refractivity contribution is 0.726. The number of nitrogens with zero attached hydrogens (tertiary/aromatic N) is 1. The van der Waals surface area contributed by atoms with Gasteiger partial charge in [0.05, 0.1) is 5.69 Å². The molecule has 1 aromatic rings. The predicted molar refractivity (Wildman–Crippen MR) is 68.8 cm³/mol. The van der Waals surface area contributed by atoms with Crippen LogP contribution in [0.3, 0.4) is 0 Å². The average Bonchev–Trinajstić information content (AvgIpc) is 2.28. The summed E-state index contributed by atoms with van der Waals surface area (Å²) in [7, 11) is 1.95. The SMILES string of the molecule is CC.CN(CCCCN)c1cc(=O)c1=S. The zero-order chi connectivity index (χ0) is 11.8. The van der Waals surface area contributed by atoms with Crippen LogP contribution in [0.4, 0.5) is 5.69 Å². The fraction of sp³-hybridized carbons (Fsp3) is 0.636. The average molecular weight is 228 g/mol. The van der Waals surface area contributed by atoms with Crippen LogP contribution in [0.5, 0.6) is 0 Å². The van der Waals surface area contributed by atoms with E-state index < -0.39 is 0 Å². The van der Waals surface area contributed by atoms with E-state index in [1.54, 1.807) is 6.07 Å². The first-order chi connectivity index (χ1) is 7.16. The van der Waals surface area contributed by atoms with Crippen molar-refractivity contribution >= 4 is 17.9 Å². The van der Waals surface area contributed by atoms with Crippen LogP contribution < -0.4 is 16.1 Å². The van der Waals surface area contributed by atoms with E-state index in [0.29, 0.717) is 4.51 Å². The Balaban J connectivity index is 0.000000921. The van der Waals surface area contributed by atoms with Gasteiger partial charge in [0.1, 0.15) is 4.51 Å². The zero-order valence-electron chi connectivity index (χ0n) is 9.75. The maximum Gasteiger partial charge on any atom is 0.200 e. The van der Waals surface area contributed by atoms with Crippen molar-refractivity contribution in [3.63, 3.8) is 0 Å². The Hall–Kier alpha value is -0.740. The zero-order valence-corrected chi connectivity index (χ0v) is 10.6. The molecule has 0 aliphatic heterocycles. The van der Waals surface area contributed by atoms with E-state index in [-0.39, 0.29) is 5.43 Å². The summed E-state index contributed by atoms with van der Waals surface area (Å²) in [6, 6.07) is 1.59. The van der Waals surface area contributed by atoms with Gasteiger partial charge >= 0.3 is 0 Å². The Morgan fingerprint density at radius 3 is 2.40 bits per heavy atom. The van der Waals surface area contributed by atoms with Crippen LogP contribution in [0.1, 0.15) is 26.7 Å². The van der Waals surface area contributed by atoms with Gasteiger partial charge in [-0.15, -0.1) is 0 Å². The monoisotopic (exact) mass is 228 g/mol. The Bertz CT molecular complexity index is 342. The summed E-state index contributed by atoms with van der Waals surface area (Å²) in [5, 5.41) is 0. The first-order valence-electron chi connectivity index (χ1n) is 5.38. The molecule has 0 spiro atoms. The molecule has 0 atom stereocenters. The standard InChI is InChI=1S/C9H14N2OS.C2H6/c1-11(5-3-2-4-10)7-6-8(12)9(7)13;1-2/h6H,2-5,10H2,1H3;1-2H3. The van der Waals surface area contributed by atoms with Gasteiger partial charge < -0.3 is 10.6 Å². The Morgan fingerprint density at radius 1 is 1.40 bits per heavy atom. The molecule has 1 aromatic carbocycles. The Labute approximate surface area is 96.6 Å². The molecule has 0 unspecified atom stereocenters. The van der Waals surface area contributed by atoms with Crippen LogP contribution in [0.15, 0.2) is 10.9 Å². The lowest BCUT2D eigenvalue weighted by Gasteiger charge is -2.20. The van der Waals surface area contributed by atoms with E-state index >= 15 is 0 Å². The van der Waals surface area contributed by atoms with Crippen molar-refractivity contribution in [1.29, 1.82) is 0 Å². The third-order valence-corrected chi connectivity index (χ3v) is 2.49. The number of nitrogens with two attached hydrogens (primary N) is 1. The van der Waals surface area contributed by atoms with Crippen LogP contribution in [0.2, 0.25) is 0 Å². The summed E-state index contributed by atoms with van der Waals surface area (Å²) in [4.78, 5) is 12.8. The van der Waals surface area contributed by atoms with Gasteiger partial charge in [-0.25, -0.2) is 0 Å². The molecule has 3 nitrogen and oxygen atoms in total. The number of hydrogen-bond acceptors (Lipinski definition) is 4. The van der Waals surface area contributed by atoms with Gasteiger partial charge in [-0.3, -0.25) is 4.79 Å². The largest absolute Gasteiger partial charge is 0.373 e. The summed E-state index contributed by atoms with van der Waals surface area (Å²) in [6.45, 7) is 5.63. The Kier molecular flexibility index (Phi) is 7.17. The van der Waals surface area contributed by atoms with Crippen molar-refractivity contribution in [2.24, 2.45) is 5.73 Å². The molecule has 0 radical (unpaired) electrons. The van der Waals surface area contributed by atoms with Gasteiger partial charge in [-0.1, -0.05) is 26.1 Å². The molecular weight excluding hydrogens is 208 g/mol. The first kappa shape index (κ1) is 14.3. The van der Waals surface area contributed by atoms with Crippen LogP contribution in [0, 0.1) is 4.51 Å². The summed E-state index contributed by atoms with van der Waals surface area (Å²) in [5.74, 6) is 0. The van der Waals surface area contributed by atoms with Crippen LogP contribution in [0.25, 0.3) is 0 Å². The molecule has 0 saturated heterocycles. The molecule has 0 aliphatic carbocycles. The molecule has 0 aromatic heterocycles. The van der Waals surface area contributed by atoms with Gasteiger partial charge in [-0.2, -0.15) is 0 Å². The van der Waals surface area contributed by atoms with E-state index in [4.69, 9.17) is 18.0 Å². The Morgan fingerprint density at radius 2 is 2.00 bits per heavy atom. The molecule has 4 heteroatoms. The normalized spacial score (nSPS) is 9.60. The topological polar surface area (TPSA) is 46.3 Å². The molecule has 86 valence electrons. The number of unbranched alkanes of at least 4 members (excludes halogenated alkanes) is 1. The quantitative estimate of drug-likeness (QED) is 0.617. The van der Waals surface area contributed by atoms with Crippen LogP contribution in [-0.2, 0) is 0 Å². The fourth-order valence-electron chi connectivity index (χ4n) is 1.20. The minimum Gasteiger partial charge on any atom is -0.373 e. The number of anilines is 1. The highest BCUT2D eigenvalue weighted by Gasteiger charge is 2.09. The van der Waals surface area contributed by atoms with Crippen LogP contribution >= 0.6 is 12.2 Å². The summed E-state index contributed by atoms with van der Waals surface area (Å²) < 4.78 is 0.468. The molecule has 0 fully saturated rings. The summed E-state index contributed by atoms with van der Waals surface area (Å²) in [5.41, 5.74) is 6.26. The smallest absolute Gasteiger partial charge is 0.200 e. The second kappa shape index (κ2) is 7.54. The van der Waals surface area contributed by atoms with E-state index in [0.717, 1.165) is 31.6 Å². The minimum absolute atomic E-state index is 0.0179. The molecule has 1 rings (SSSR count). The van der Waals surface area contributed by atoms with E-state index in [1.165, 1.54) is 0 Å². The molecule has 2 N–H and O–H groups in total. The number of rotatable bonds is 5. The van der Waals surface area contributed by atoms with E-state index in [9.17, 15) is 4.79 Å². The number of hydrogen-bond donors (Lipinski definition) is 1. The highest BCUT2D eigenvalue weighted by atomic mass is 32.1. The van der Waals surface area contributed by atoms with Gasteiger partial charge in [0.25, 0.3) is 0 Å². The van der Waals surface area contributed by atoms with E-state index in [2.05, 4.69) is 0 Å². The van der Waals surface area contributed by atoms with Crippen molar-refractivity contribution in [3.8, 4) is 0 Å². The molecular formula is C11H20N2OS. The maximum atomic E-state index is 10.8. The molecule has 0 amide bonds. The summed E-state index contributed by atoms with van der Waals surface area (Å²) >= 11 is 4.90. The second-order valence-corrected chi connectivity index (χ2v) is 3.55. The predicted octanol–water partition coefficient (Wildman–Crippen LogP) is 1.85. The summed E-state index contributed by atoms with van der Waals surface area (Å²) in [6.07, 6.45) is 2.06. The molecule has 15 heavy (non-hydrogen) atoms. The third kappa shape index (κ3) is 4.10. The minimum atomic E-state index is -0.0179.